The highest BCUT2D eigenvalue weighted by Gasteiger charge is 2.28. The van der Waals surface area contributed by atoms with E-state index in [9.17, 15) is 4.79 Å². The molecular formula is C13H11ClN2O. The van der Waals surface area contributed by atoms with Crippen LogP contribution >= 0.6 is 11.6 Å². The zero-order chi connectivity index (χ0) is 12.4. The van der Waals surface area contributed by atoms with E-state index in [1.807, 2.05) is 18.2 Å². The third kappa shape index (κ3) is 2.17. The molecule has 3 nitrogen and oxygen atoms in total. The number of hydrogen-bond acceptors (Lipinski definition) is 2. The van der Waals surface area contributed by atoms with E-state index in [-0.39, 0.29) is 18.2 Å². The molecule has 1 aromatic rings. The molecule has 0 aromatic heterocycles. The molecule has 1 aliphatic rings. The molecule has 1 aromatic carbocycles. The number of nitrogens with one attached hydrogen (secondary N) is 1. The Labute approximate surface area is 105 Å². The summed E-state index contributed by atoms with van der Waals surface area (Å²) in [6.45, 7) is 1.74. The van der Waals surface area contributed by atoms with Crippen molar-refractivity contribution in [1.82, 2.24) is 5.32 Å². The molecule has 0 bridgehead atoms. The van der Waals surface area contributed by atoms with Crippen LogP contribution < -0.4 is 5.32 Å². The Morgan fingerprint density at radius 1 is 1.47 bits per heavy atom. The molecule has 17 heavy (non-hydrogen) atoms. The summed E-state index contributed by atoms with van der Waals surface area (Å²) in [6.07, 6.45) is 0.268. The molecule has 0 spiro atoms. The minimum Gasteiger partial charge on any atom is -0.329 e. The van der Waals surface area contributed by atoms with Gasteiger partial charge in [-0.15, -0.1) is 0 Å². The predicted octanol–water partition coefficient (Wildman–Crippen LogP) is 2.74. The SMILES string of the molecule is CC1=C(C#N)C(c2ccccc2Cl)CC(=O)N1. The highest BCUT2D eigenvalue weighted by atomic mass is 35.5. The van der Waals surface area contributed by atoms with Crippen molar-refractivity contribution < 1.29 is 4.79 Å². The number of rotatable bonds is 1. The number of halogens is 1. The van der Waals surface area contributed by atoms with Crippen LogP contribution in [0.4, 0.5) is 0 Å². The van der Waals surface area contributed by atoms with E-state index >= 15 is 0 Å². The lowest BCUT2D eigenvalue weighted by atomic mass is 9.85. The number of amides is 1. The minimum atomic E-state index is -0.234. The molecule has 1 unspecified atom stereocenters. The van der Waals surface area contributed by atoms with Gasteiger partial charge >= 0.3 is 0 Å². The molecule has 1 N–H and O–H groups in total. The Hall–Kier alpha value is -1.79. The van der Waals surface area contributed by atoms with Crippen LogP contribution in [0.25, 0.3) is 0 Å². The number of carbonyl (C=O) groups is 1. The molecule has 0 fully saturated rings. The summed E-state index contributed by atoms with van der Waals surface area (Å²) in [7, 11) is 0. The molecule has 1 heterocycles. The number of hydrogen-bond donors (Lipinski definition) is 1. The summed E-state index contributed by atoms with van der Waals surface area (Å²) in [4.78, 5) is 11.5. The van der Waals surface area contributed by atoms with Gasteiger partial charge in [-0.1, -0.05) is 29.8 Å². The number of allylic oxidation sites excluding steroid dienone is 2. The normalized spacial score (nSPS) is 19.8. The first-order valence-electron chi connectivity index (χ1n) is 5.28. The number of nitrogens with zero attached hydrogens (tertiary/aromatic N) is 1. The predicted molar refractivity (Wildman–Crippen MR) is 65.3 cm³/mol. The van der Waals surface area contributed by atoms with Crippen molar-refractivity contribution in [3.63, 3.8) is 0 Å². The molecule has 1 aliphatic heterocycles. The highest BCUT2D eigenvalue weighted by molar-refractivity contribution is 6.31. The lowest BCUT2D eigenvalue weighted by Gasteiger charge is -2.24. The van der Waals surface area contributed by atoms with Gasteiger partial charge in [-0.3, -0.25) is 4.79 Å². The van der Waals surface area contributed by atoms with Crippen LogP contribution in [0.3, 0.4) is 0 Å². The average molecular weight is 247 g/mol. The molecule has 2 rings (SSSR count). The van der Waals surface area contributed by atoms with Crippen molar-refractivity contribution in [3.05, 3.63) is 46.1 Å². The lowest BCUT2D eigenvalue weighted by molar-refractivity contribution is -0.121. The molecule has 0 aliphatic carbocycles. The topological polar surface area (TPSA) is 52.9 Å². The lowest BCUT2D eigenvalue weighted by Crippen LogP contribution is -2.30. The zero-order valence-electron chi connectivity index (χ0n) is 9.33. The van der Waals surface area contributed by atoms with Gasteiger partial charge in [0, 0.05) is 23.1 Å². The van der Waals surface area contributed by atoms with Gasteiger partial charge in [0.2, 0.25) is 5.91 Å². The van der Waals surface area contributed by atoms with Crippen LogP contribution in [0.1, 0.15) is 24.8 Å². The van der Waals surface area contributed by atoms with Gasteiger partial charge in [0.05, 0.1) is 11.6 Å². The zero-order valence-corrected chi connectivity index (χ0v) is 10.1. The Bertz CT molecular complexity index is 543. The molecule has 0 radical (unpaired) electrons. The third-order valence-electron chi connectivity index (χ3n) is 2.87. The summed E-state index contributed by atoms with van der Waals surface area (Å²) in [6, 6.07) is 9.48. The van der Waals surface area contributed by atoms with Crippen molar-refractivity contribution in [2.45, 2.75) is 19.3 Å². The fraction of sp³-hybridized carbons (Fsp3) is 0.231. The van der Waals surface area contributed by atoms with Crippen LogP contribution in [0.2, 0.25) is 5.02 Å². The Kier molecular flexibility index (Phi) is 3.16. The fourth-order valence-electron chi connectivity index (χ4n) is 2.06. The van der Waals surface area contributed by atoms with E-state index in [4.69, 9.17) is 16.9 Å². The number of nitriles is 1. The summed E-state index contributed by atoms with van der Waals surface area (Å²) < 4.78 is 0. The Morgan fingerprint density at radius 2 is 2.18 bits per heavy atom. The van der Waals surface area contributed by atoms with Gasteiger partial charge in [-0.05, 0) is 18.6 Å². The second-order valence-electron chi connectivity index (χ2n) is 3.98. The monoisotopic (exact) mass is 246 g/mol. The molecule has 86 valence electrons. The van der Waals surface area contributed by atoms with E-state index in [0.29, 0.717) is 16.3 Å². The maximum absolute atomic E-state index is 11.5. The Morgan fingerprint density at radius 3 is 2.82 bits per heavy atom. The Balaban J connectivity index is 2.51. The minimum absolute atomic E-state index is 0.0774. The quantitative estimate of drug-likeness (QED) is 0.828. The van der Waals surface area contributed by atoms with Crippen LogP contribution in [-0.2, 0) is 4.79 Å². The van der Waals surface area contributed by atoms with Crippen molar-refractivity contribution in [2.24, 2.45) is 0 Å². The first-order chi connectivity index (χ1) is 8.13. The second kappa shape index (κ2) is 4.60. The molecule has 0 saturated heterocycles. The van der Waals surface area contributed by atoms with Crippen molar-refractivity contribution >= 4 is 17.5 Å². The van der Waals surface area contributed by atoms with Gasteiger partial charge < -0.3 is 5.32 Å². The first kappa shape index (κ1) is 11.7. The van der Waals surface area contributed by atoms with Crippen LogP contribution in [0.5, 0.6) is 0 Å². The van der Waals surface area contributed by atoms with Gasteiger partial charge in [-0.25, -0.2) is 0 Å². The van der Waals surface area contributed by atoms with E-state index in [0.717, 1.165) is 5.56 Å². The standard InChI is InChI=1S/C13H11ClN2O/c1-8-11(7-15)10(6-13(17)16-8)9-4-2-3-5-12(9)14/h2-5,10H,6H2,1H3,(H,16,17). The van der Waals surface area contributed by atoms with E-state index in [2.05, 4.69) is 11.4 Å². The van der Waals surface area contributed by atoms with E-state index in [1.165, 1.54) is 0 Å². The van der Waals surface area contributed by atoms with Crippen LogP contribution in [0, 0.1) is 11.3 Å². The van der Waals surface area contributed by atoms with Crippen molar-refractivity contribution in [2.75, 3.05) is 0 Å². The van der Waals surface area contributed by atoms with E-state index < -0.39 is 0 Å². The average Bonchev–Trinajstić information content (AvgIpc) is 2.28. The molecular weight excluding hydrogens is 236 g/mol. The smallest absolute Gasteiger partial charge is 0.225 e. The van der Waals surface area contributed by atoms with E-state index in [1.54, 1.807) is 13.0 Å². The van der Waals surface area contributed by atoms with Gasteiger partial charge in [0.25, 0.3) is 0 Å². The summed E-state index contributed by atoms with van der Waals surface area (Å²) >= 11 is 6.11. The molecule has 0 saturated carbocycles. The second-order valence-corrected chi connectivity index (χ2v) is 4.38. The number of benzene rings is 1. The maximum Gasteiger partial charge on any atom is 0.225 e. The summed E-state index contributed by atoms with van der Waals surface area (Å²) in [5.74, 6) is -0.311. The van der Waals surface area contributed by atoms with Gasteiger partial charge in [0.1, 0.15) is 0 Å². The first-order valence-corrected chi connectivity index (χ1v) is 5.66. The van der Waals surface area contributed by atoms with Crippen molar-refractivity contribution in [3.8, 4) is 6.07 Å². The maximum atomic E-state index is 11.5. The summed E-state index contributed by atoms with van der Waals surface area (Å²) in [5, 5.41) is 12.4. The molecule has 1 atom stereocenters. The third-order valence-corrected chi connectivity index (χ3v) is 3.21. The van der Waals surface area contributed by atoms with Crippen LogP contribution in [0.15, 0.2) is 35.5 Å². The van der Waals surface area contributed by atoms with Gasteiger partial charge in [-0.2, -0.15) is 5.26 Å². The van der Waals surface area contributed by atoms with Crippen LogP contribution in [-0.4, -0.2) is 5.91 Å². The molecule has 1 amide bonds. The summed E-state index contributed by atoms with van der Waals surface area (Å²) in [5.41, 5.74) is 2.03. The number of carbonyl (C=O) groups excluding carboxylic acids is 1. The largest absolute Gasteiger partial charge is 0.329 e. The van der Waals surface area contributed by atoms with Crippen molar-refractivity contribution in [1.29, 1.82) is 5.26 Å². The highest BCUT2D eigenvalue weighted by Crippen LogP contribution is 2.35. The van der Waals surface area contributed by atoms with Gasteiger partial charge in [0.15, 0.2) is 0 Å². The molecule has 4 heteroatoms. The fourth-order valence-corrected chi connectivity index (χ4v) is 2.33.